The molecule has 0 aliphatic heterocycles. The third-order valence-corrected chi connectivity index (χ3v) is 2.94. The van der Waals surface area contributed by atoms with E-state index in [1.54, 1.807) is 19.1 Å². The van der Waals surface area contributed by atoms with Crippen LogP contribution in [0.15, 0.2) is 48.5 Å². The van der Waals surface area contributed by atoms with Crippen molar-refractivity contribution in [2.24, 2.45) is 0 Å². The van der Waals surface area contributed by atoms with Gasteiger partial charge in [0.1, 0.15) is 5.75 Å². The molecule has 0 bridgehead atoms. The number of benzene rings is 2. The van der Waals surface area contributed by atoms with Crippen LogP contribution in [0.5, 0.6) is 5.75 Å². The molecule has 4 nitrogen and oxygen atoms in total. The third kappa shape index (κ3) is 3.51. The average Bonchev–Trinajstić information content (AvgIpc) is 2.44. The first-order chi connectivity index (χ1) is 9.56. The van der Waals surface area contributed by atoms with E-state index in [0.717, 1.165) is 5.56 Å². The van der Waals surface area contributed by atoms with Crippen molar-refractivity contribution in [2.45, 2.75) is 20.0 Å². The number of anilines is 2. The van der Waals surface area contributed by atoms with Gasteiger partial charge in [-0.15, -0.1) is 0 Å². The Kier molecular flexibility index (Phi) is 4.25. The van der Waals surface area contributed by atoms with Gasteiger partial charge in [-0.25, -0.2) is 0 Å². The highest BCUT2D eigenvalue weighted by molar-refractivity contribution is 5.95. The lowest BCUT2D eigenvalue weighted by Gasteiger charge is -2.16. The summed E-state index contributed by atoms with van der Waals surface area (Å²) in [6, 6.07) is 14.7. The highest BCUT2D eigenvalue weighted by Crippen LogP contribution is 2.19. The van der Waals surface area contributed by atoms with Crippen molar-refractivity contribution < 1.29 is 9.53 Å². The van der Waals surface area contributed by atoms with Gasteiger partial charge < -0.3 is 15.8 Å². The Morgan fingerprint density at radius 1 is 1.20 bits per heavy atom. The van der Waals surface area contributed by atoms with E-state index in [1.807, 2.05) is 43.3 Å². The number of hydrogen-bond acceptors (Lipinski definition) is 3. The van der Waals surface area contributed by atoms with E-state index in [2.05, 4.69) is 5.32 Å². The Morgan fingerprint density at radius 2 is 1.90 bits per heavy atom. The summed E-state index contributed by atoms with van der Waals surface area (Å²) in [4.78, 5) is 12.1. The van der Waals surface area contributed by atoms with Crippen LogP contribution in [0.2, 0.25) is 0 Å². The zero-order valence-electron chi connectivity index (χ0n) is 11.6. The zero-order valence-corrected chi connectivity index (χ0v) is 11.6. The monoisotopic (exact) mass is 270 g/mol. The molecule has 0 unspecified atom stereocenters. The number of nitrogens with one attached hydrogen (secondary N) is 1. The maximum atomic E-state index is 12.1. The lowest BCUT2D eigenvalue weighted by molar-refractivity contribution is -0.122. The van der Waals surface area contributed by atoms with Crippen LogP contribution in [0.1, 0.15) is 12.5 Å². The Hall–Kier alpha value is -2.49. The largest absolute Gasteiger partial charge is 0.481 e. The van der Waals surface area contributed by atoms with Crippen LogP contribution >= 0.6 is 0 Å². The number of nitrogens with two attached hydrogens (primary N) is 1. The number of nitrogen functional groups attached to an aromatic ring is 1. The first-order valence-electron chi connectivity index (χ1n) is 6.45. The minimum Gasteiger partial charge on any atom is -0.481 e. The molecular weight excluding hydrogens is 252 g/mol. The molecule has 104 valence electrons. The van der Waals surface area contributed by atoms with Gasteiger partial charge in [-0.3, -0.25) is 4.79 Å². The van der Waals surface area contributed by atoms with Crippen LogP contribution in [0.4, 0.5) is 11.4 Å². The molecule has 0 aromatic heterocycles. The minimum absolute atomic E-state index is 0.206. The van der Waals surface area contributed by atoms with Crippen LogP contribution in [0, 0.1) is 6.92 Å². The van der Waals surface area contributed by atoms with Gasteiger partial charge in [0, 0.05) is 11.4 Å². The average molecular weight is 270 g/mol. The molecular formula is C16H18N2O2. The first-order valence-corrected chi connectivity index (χ1v) is 6.45. The molecule has 2 aromatic carbocycles. The van der Waals surface area contributed by atoms with Gasteiger partial charge >= 0.3 is 0 Å². The van der Waals surface area contributed by atoms with E-state index < -0.39 is 6.10 Å². The van der Waals surface area contributed by atoms with Crippen LogP contribution < -0.4 is 15.8 Å². The van der Waals surface area contributed by atoms with E-state index in [9.17, 15) is 4.79 Å². The Balaban J connectivity index is 2.02. The van der Waals surface area contributed by atoms with Gasteiger partial charge in [0.25, 0.3) is 5.91 Å². The summed E-state index contributed by atoms with van der Waals surface area (Å²) in [6.45, 7) is 3.63. The summed E-state index contributed by atoms with van der Waals surface area (Å²) >= 11 is 0. The van der Waals surface area contributed by atoms with Crippen molar-refractivity contribution in [1.29, 1.82) is 0 Å². The van der Waals surface area contributed by atoms with Gasteiger partial charge in [0.15, 0.2) is 6.10 Å². The van der Waals surface area contributed by atoms with Crippen LogP contribution in [0.3, 0.4) is 0 Å². The second-order valence-corrected chi connectivity index (χ2v) is 4.64. The number of ether oxygens (including phenoxy) is 1. The second-order valence-electron chi connectivity index (χ2n) is 4.64. The van der Waals surface area contributed by atoms with E-state index >= 15 is 0 Å². The van der Waals surface area contributed by atoms with Crippen LogP contribution in [-0.4, -0.2) is 12.0 Å². The molecule has 4 heteroatoms. The van der Waals surface area contributed by atoms with Crippen LogP contribution in [0.25, 0.3) is 0 Å². The summed E-state index contributed by atoms with van der Waals surface area (Å²) in [5, 5.41) is 2.83. The van der Waals surface area contributed by atoms with Gasteiger partial charge in [0.05, 0.1) is 0 Å². The summed E-state index contributed by atoms with van der Waals surface area (Å²) in [5.74, 6) is 0.460. The molecule has 0 saturated carbocycles. The summed E-state index contributed by atoms with van der Waals surface area (Å²) in [5.41, 5.74) is 8.00. The molecule has 1 amide bonds. The molecule has 2 rings (SSSR count). The number of rotatable bonds is 4. The van der Waals surface area contributed by atoms with Crippen molar-refractivity contribution in [2.75, 3.05) is 11.1 Å². The van der Waals surface area contributed by atoms with E-state index in [0.29, 0.717) is 17.1 Å². The number of carbonyl (C=O) groups excluding carboxylic acids is 1. The van der Waals surface area contributed by atoms with E-state index in [1.165, 1.54) is 0 Å². The molecule has 0 radical (unpaired) electrons. The molecule has 0 heterocycles. The molecule has 1 atom stereocenters. The standard InChI is InChI=1S/C16H18N2O2/c1-11-8-9-13(17)10-15(11)18-16(19)12(2)20-14-6-4-3-5-7-14/h3-10,12H,17H2,1-2H3,(H,18,19)/t12-/m0/s1. The molecule has 0 spiro atoms. The highest BCUT2D eigenvalue weighted by atomic mass is 16.5. The summed E-state index contributed by atoms with van der Waals surface area (Å²) < 4.78 is 5.58. The number of aryl methyl sites for hydroxylation is 1. The molecule has 0 fully saturated rings. The van der Waals surface area contributed by atoms with Gasteiger partial charge in [-0.2, -0.15) is 0 Å². The van der Waals surface area contributed by atoms with Gasteiger partial charge in [-0.05, 0) is 43.7 Å². The summed E-state index contributed by atoms with van der Waals surface area (Å²) in [6.07, 6.45) is -0.585. The molecule has 3 N–H and O–H groups in total. The SMILES string of the molecule is Cc1ccc(N)cc1NC(=O)[C@H](C)Oc1ccccc1. The molecule has 0 aliphatic rings. The Morgan fingerprint density at radius 3 is 2.60 bits per heavy atom. The maximum absolute atomic E-state index is 12.1. The fourth-order valence-electron chi connectivity index (χ4n) is 1.77. The molecule has 20 heavy (non-hydrogen) atoms. The molecule has 0 saturated heterocycles. The molecule has 2 aromatic rings. The number of carbonyl (C=O) groups is 1. The first kappa shape index (κ1) is 13.9. The quantitative estimate of drug-likeness (QED) is 0.839. The normalized spacial score (nSPS) is 11.7. The van der Waals surface area contributed by atoms with Gasteiger partial charge in [0.2, 0.25) is 0 Å². The Bertz CT molecular complexity index is 597. The van der Waals surface area contributed by atoms with Crippen LogP contribution in [-0.2, 0) is 4.79 Å². The van der Waals surface area contributed by atoms with E-state index in [4.69, 9.17) is 10.5 Å². The number of hydrogen-bond donors (Lipinski definition) is 2. The van der Waals surface area contributed by atoms with E-state index in [-0.39, 0.29) is 5.91 Å². The van der Waals surface area contributed by atoms with Crippen molar-refractivity contribution in [3.05, 3.63) is 54.1 Å². The van der Waals surface area contributed by atoms with Crippen molar-refractivity contribution in [3.63, 3.8) is 0 Å². The molecule has 0 aliphatic carbocycles. The predicted molar refractivity (Wildman–Crippen MR) is 80.8 cm³/mol. The smallest absolute Gasteiger partial charge is 0.265 e. The minimum atomic E-state index is -0.585. The predicted octanol–water partition coefficient (Wildman–Crippen LogP) is 2.98. The zero-order chi connectivity index (χ0) is 14.5. The van der Waals surface area contributed by atoms with Gasteiger partial charge in [-0.1, -0.05) is 24.3 Å². The lowest BCUT2D eigenvalue weighted by Crippen LogP contribution is -2.30. The fourth-order valence-corrected chi connectivity index (χ4v) is 1.77. The third-order valence-electron chi connectivity index (χ3n) is 2.94. The second kappa shape index (κ2) is 6.10. The maximum Gasteiger partial charge on any atom is 0.265 e. The number of amides is 1. The van der Waals surface area contributed by atoms with Crippen molar-refractivity contribution in [1.82, 2.24) is 0 Å². The van der Waals surface area contributed by atoms with Crippen molar-refractivity contribution in [3.8, 4) is 5.75 Å². The Labute approximate surface area is 118 Å². The topological polar surface area (TPSA) is 64.3 Å². The lowest BCUT2D eigenvalue weighted by atomic mass is 10.1. The highest BCUT2D eigenvalue weighted by Gasteiger charge is 2.15. The number of para-hydroxylation sites is 1. The summed E-state index contributed by atoms with van der Waals surface area (Å²) in [7, 11) is 0. The fraction of sp³-hybridized carbons (Fsp3) is 0.188. The van der Waals surface area contributed by atoms with Crippen molar-refractivity contribution >= 4 is 17.3 Å².